The van der Waals surface area contributed by atoms with Gasteiger partial charge in [0.05, 0.1) is 11.0 Å². The van der Waals surface area contributed by atoms with Crippen molar-refractivity contribution in [3.8, 4) is 0 Å². The molecular formula is C9H14N4O3S. The predicted octanol–water partition coefficient (Wildman–Crippen LogP) is 1.29. The molecule has 1 rings (SSSR count). The van der Waals surface area contributed by atoms with E-state index in [1.807, 2.05) is 0 Å². The van der Waals surface area contributed by atoms with Crippen molar-refractivity contribution < 1.29 is 10.0 Å². The lowest BCUT2D eigenvalue weighted by Crippen LogP contribution is -2.15. The number of hydrogen-bond acceptors (Lipinski definition) is 7. The number of anilines is 1. The molecule has 0 aliphatic rings. The van der Waals surface area contributed by atoms with Crippen molar-refractivity contribution in [2.75, 3.05) is 12.4 Å². The fraction of sp³-hybridized carbons (Fsp3) is 0.556. The van der Waals surface area contributed by atoms with Gasteiger partial charge in [0.2, 0.25) is 5.82 Å². The van der Waals surface area contributed by atoms with Gasteiger partial charge in [-0.3, -0.25) is 10.1 Å². The van der Waals surface area contributed by atoms with Gasteiger partial charge < -0.3 is 10.4 Å². The Morgan fingerprint density at radius 1 is 1.53 bits per heavy atom. The summed E-state index contributed by atoms with van der Waals surface area (Å²) in [6.07, 6.45) is 0.684. The molecule has 0 aliphatic heterocycles. The molecule has 94 valence electrons. The smallest absolute Gasteiger partial charge is 0.343 e. The van der Waals surface area contributed by atoms with Crippen molar-refractivity contribution in [3.63, 3.8) is 0 Å². The maximum Gasteiger partial charge on any atom is 0.343 e. The van der Waals surface area contributed by atoms with E-state index in [-0.39, 0.29) is 21.8 Å². The summed E-state index contributed by atoms with van der Waals surface area (Å²) >= 11 is 1.15. The van der Waals surface area contributed by atoms with Crippen LogP contribution >= 0.6 is 11.8 Å². The van der Waals surface area contributed by atoms with Crippen LogP contribution in [-0.2, 0) is 0 Å². The van der Waals surface area contributed by atoms with Gasteiger partial charge in [-0.15, -0.1) is 0 Å². The molecular weight excluding hydrogens is 244 g/mol. The van der Waals surface area contributed by atoms with Crippen LogP contribution in [0.1, 0.15) is 13.8 Å². The maximum atomic E-state index is 11.0. The topological polar surface area (TPSA) is 101 Å². The molecule has 0 saturated heterocycles. The highest BCUT2D eigenvalue weighted by Gasteiger charge is 2.25. The van der Waals surface area contributed by atoms with Crippen LogP contribution in [0, 0.1) is 10.1 Å². The maximum absolute atomic E-state index is 11.0. The van der Waals surface area contributed by atoms with Gasteiger partial charge >= 0.3 is 5.69 Å². The van der Waals surface area contributed by atoms with Crippen molar-refractivity contribution >= 4 is 23.3 Å². The Bertz CT molecular complexity index is 413. The molecule has 0 amide bonds. The number of hydrogen-bond donors (Lipinski definition) is 2. The summed E-state index contributed by atoms with van der Waals surface area (Å²) in [7, 11) is 1.56. The molecule has 0 radical (unpaired) electrons. The van der Waals surface area contributed by atoms with Crippen LogP contribution in [0.15, 0.2) is 11.4 Å². The van der Waals surface area contributed by atoms with Gasteiger partial charge in [-0.1, -0.05) is 18.7 Å². The molecule has 7 nitrogen and oxygen atoms in total. The highest BCUT2D eigenvalue weighted by molar-refractivity contribution is 8.00. The molecule has 2 atom stereocenters. The lowest BCUT2D eigenvalue weighted by atomic mass is 10.3. The zero-order valence-electron chi connectivity index (χ0n) is 9.75. The van der Waals surface area contributed by atoms with E-state index in [0.717, 1.165) is 11.8 Å². The molecule has 1 heterocycles. The van der Waals surface area contributed by atoms with Gasteiger partial charge in [0.1, 0.15) is 6.33 Å². The Labute approximate surface area is 103 Å². The highest BCUT2D eigenvalue weighted by Crippen LogP contribution is 2.34. The van der Waals surface area contributed by atoms with Gasteiger partial charge in [0, 0.05) is 12.3 Å². The molecule has 17 heavy (non-hydrogen) atoms. The third-order valence-corrected chi connectivity index (χ3v) is 3.47. The zero-order valence-corrected chi connectivity index (χ0v) is 10.6. The van der Waals surface area contributed by atoms with Crippen LogP contribution in [0.4, 0.5) is 11.5 Å². The Hall–Kier alpha value is -1.41. The molecule has 2 unspecified atom stereocenters. The molecule has 0 fully saturated rings. The summed E-state index contributed by atoms with van der Waals surface area (Å²) in [5, 5.41) is 23.1. The number of thioether (sulfide) groups is 1. The summed E-state index contributed by atoms with van der Waals surface area (Å²) in [5.41, 5.74) is -0.160. The van der Waals surface area contributed by atoms with Crippen molar-refractivity contribution in [1.29, 1.82) is 0 Å². The molecule has 8 heteroatoms. The Kier molecular flexibility index (Phi) is 4.64. The molecule has 0 aliphatic carbocycles. The normalized spacial score (nSPS) is 14.1. The zero-order chi connectivity index (χ0) is 13.0. The summed E-state index contributed by atoms with van der Waals surface area (Å²) in [5.74, 6) is 0.172. The van der Waals surface area contributed by atoms with Crippen LogP contribution in [0.5, 0.6) is 0 Å². The first-order valence-electron chi connectivity index (χ1n) is 4.99. The van der Waals surface area contributed by atoms with E-state index in [2.05, 4.69) is 15.3 Å². The van der Waals surface area contributed by atoms with E-state index < -0.39 is 11.0 Å². The lowest BCUT2D eigenvalue weighted by Gasteiger charge is -2.13. The van der Waals surface area contributed by atoms with Crippen LogP contribution < -0.4 is 5.32 Å². The van der Waals surface area contributed by atoms with Gasteiger partial charge in [-0.2, -0.15) is 0 Å². The fourth-order valence-corrected chi connectivity index (χ4v) is 2.01. The average Bonchev–Trinajstić information content (AvgIpc) is 2.27. The van der Waals surface area contributed by atoms with Crippen LogP contribution in [0.25, 0.3) is 0 Å². The second kappa shape index (κ2) is 5.78. The van der Waals surface area contributed by atoms with E-state index in [1.54, 1.807) is 20.9 Å². The first kappa shape index (κ1) is 13.7. The van der Waals surface area contributed by atoms with E-state index in [1.165, 1.54) is 6.33 Å². The molecule has 0 spiro atoms. The molecule has 0 aromatic carbocycles. The monoisotopic (exact) mass is 258 g/mol. The van der Waals surface area contributed by atoms with Crippen molar-refractivity contribution in [3.05, 3.63) is 16.4 Å². The number of nitro groups is 1. The number of nitrogens with one attached hydrogen (secondary N) is 1. The summed E-state index contributed by atoms with van der Waals surface area (Å²) in [6.45, 7) is 3.41. The number of nitrogens with zero attached hydrogens (tertiary/aromatic N) is 3. The second-order valence-electron chi connectivity index (χ2n) is 3.45. The number of aromatic nitrogens is 2. The highest BCUT2D eigenvalue weighted by atomic mass is 32.2. The van der Waals surface area contributed by atoms with Gasteiger partial charge in [-0.25, -0.2) is 9.97 Å². The van der Waals surface area contributed by atoms with E-state index >= 15 is 0 Å². The Balaban J connectivity index is 3.10. The number of aliphatic hydroxyl groups excluding tert-OH is 1. The van der Waals surface area contributed by atoms with Crippen LogP contribution in [0.3, 0.4) is 0 Å². The minimum Gasteiger partial charge on any atom is -0.392 e. The quantitative estimate of drug-likeness (QED) is 0.355. The predicted molar refractivity (Wildman–Crippen MR) is 65.2 cm³/mol. The SMILES string of the molecule is CNc1ncnc(SC(C)C(C)O)c1[N+](=O)[O-]. The Morgan fingerprint density at radius 2 is 2.18 bits per heavy atom. The number of aliphatic hydroxyl groups is 1. The average molecular weight is 258 g/mol. The first-order chi connectivity index (χ1) is 7.97. The van der Waals surface area contributed by atoms with E-state index in [0.29, 0.717) is 0 Å². The molecule has 1 aromatic rings. The van der Waals surface area contributed by atoms with E-state index in [4.69, 9.17) is 0 Å². The largest absolute Gasteiger partial charge is 0.392 e. The van der Waals surface area contributed by atoms with Gasteiger partial charge in [0.15, 0.2) is 5.03 Å². The van der Waals surface area contributed by atoms with Crippen LogP contribution in [0.2, 0.25) is 0 Å². The Morgan fingerprint density at radius 3 is 2.65 bits per heavy atom. The third kappa shape index (κ3) is 3.27. The standard InChI is InChI=1S/C9H14N4O3S/c1-5(14)6(2)17-9-7(13(15)16)8(10-3)11-4-12-9/h4-6,14H,1-3H3,(H,10,11,12). The molecule has 2 N–H and O–H groups in total. The molecule has 0 saturated carbocycles. The minimum atomic E-state index is -0.576. The van der Waals surface area contributed by atoms with Gasteiger partial charge in [0.25, 0.3) is 0 Å². The second-order valence-corrected chi connectivity index (χ2v) is 4.81. The molecule has 0 bridgehead atoms. The first-order valence-corrected chi connectivity index (χ1v) is 5.87. The number of rotatable bonds is 5. The summed E-state index contributed by atoms with van der Waals surface area (Å²) in [4.78, 5) is 18.1. The summed E-state index contributed by atoms with van der Waals surface area (Å²) < 4.78 is 0. The third-order valence-electron chi connectivity index (χ3n) is 2.18. The summed E-state index contributed by atoms with van der Waals surface area (Å²) in [6, 6.07) is 0. The van der Waals surface area contributed by atoms with Crippen molar-refractivity contribution in [2.24, 2.45) is 0 Å². The van der Waals surface area contributed by atoms with Crippen molar-refractivity contribution in [2.45, 2.75) is 30.2 Å². The molecule has 1 aromatic heterocycles. The van der Waals surface area contributed by atoms with Crippen molar-refractivity contribution in [1.82, 2.24) is 9.97 Å². The minimum absolute atomic E-state index is 0.160. The van der Waals surface area contributed by atoms with E-state index in [9.17, 15) is 15.2 Å². The van der Waals surface area contributed by atoms with Crippen LogP contribution in [-0.4, -0.2) is 38.4 Å². The lowest BCUT2D eigenvalue weighted by molar-refractivity contribution is -0.387. The fourth-order valence-electron chi connectivity index (χ4n) is 1.07. The van der Waals surface area contributed by atoms with Gasteiger partial charge in [-0.05, 0) is 6.92 Å².